The summed E-state index contributed by atoms with van der Waals surface area (Å²) in [5.41, 5.74) is 3.09. The van der Waals surface area contributed by atoms with Gasteiger partial charge in [-0.05, 0) is 36.8 Å². The maximum atomic E-state index is 12.9. The lowest BCUT2D eigenvalue weighted by atomic mass is 10.1. The van der Waals surface area contributed by atoms with Crippen LogP contribution in [0.5, 0.6) is 0 Å². The molecule has 26 heavy (non-hydrogen) atoms. The number of rotatable bonds is 3. The minimum Gasteiger partial charge on any atom is -0.368 e. The van der Waals surface area contributed by atoms with Gasteiger partial charge in [-0.1, -0.05) is 12.1 Å². The van der Waals surface area contributed by atoms with Crippen molar-refractivity contribution in [3.05, 3.63) is 66.4 Å². The van der Waals surface area contributed by atoms with Crippen molar-refractivity contribution in [1.82, 2.24) is 24.6 Å². The predicted octanol–water partition coefficient (Wildman–Crippen LogP) is 1.93. The average molecular weight is 348 g/mol. The third-order valence-electron chi connectivity index (χ3n) is 4.58. The highest BCUT2D eigenvalue weighted by Gasteiger charge is 2.22. The summed E-state index contributed by atoms with van der Waals surface area (Å²) in [6.07, 6.45) is 4.64. The number of piperazine rings is 1. The lowest BCUT2D eigenvalue weighted by Gasteiger charge is -2.36. The number of nitrogens with zero attached hydrogens (tertiary/aromatic N) is 6. The molecule has 0 bridgehead atoms. The van der Waals surface area contributed by atoms with Crippen LogP contribution < -0.4 is 4.90 Å². The Morgan fingerprint density at radius 1 is 1.08 bits per heavy atom. The number of aromatic nitrogens is 4. The highest BCUT2D eigenvalue weighted by Crippen LogP contribution is 2.19. The molecule has 2 aromatic heterocycles. The van der Waals surface area contributed by atoms with Crippen LogP contribution in [0.25, 0.3) is 5.82 Å². The van der Waals surface area contributed by atoms with Crippen LogP contribution in [0, 0.1) is 6.92 Å². The topological polar surface area (TPSA) is 67.2 Å². The van der Waals surface area contributed by atoms with Gasteiger partial charge in [0, 0.05) is 43.6 Å². The SMILES string of the molecule is Cc1cccc(N2CCN(C(=O)c3ccnc(-n4cncn4)c3)CC2)c1. The summed E-state index contributed by atoms with van der Waals surface area (Å²) in [4.78, 5) is 25.2. The second-order valence-electron chi connectivity index (χ2n) is 6.36. The zero-order valence-corrected chi connectivity index (χ0v) is 14.6. The molecule has 1 aliphatic heterocycles. The summed E-state index contributed by atoms with van der Waals surface area (Å²) in [6, 6.07) is 12.0. The minimum absolute atomic E-state index is 0.0256. The maximum Gasteiger partial charge on any atom is 0.254 e. The van der Waals surface area contributed by atoms with E-state index in [1.165, 1.54) is 17.6 Å². The second-order valence-corrected chi connectivity index (χ2v) is 6.36. The molecule has 3 aromatic rings. The number of carbonyl (C=O) groups is 1. The van der Waals surface area contributed by atoms with Crippen LogP contribution in [0.2, 0.25) is 0 Å². The molecule has 0 N–H and O–H groups in total. The first kappa shape index (κ1) is 16.3. The Bertz CT molecular complexity index is 900. The highest BCUT2D eigenvalue weighted by atomic mass is 16.2. The molecule has 0 radical (unpaired) electrons. The molecule has 0 aliphatic carbocycles. The van der Waals surface area contributed by atoms with Gasteiger partial charge in [-0.2, -0.15) is 5.10 Å². The standard InChI is InChI=1S/C19H20N6O/c1-15-3-2-4-17(11-15)23-7-9-24(10-8-23)19(26)16-5-6-21-18(12-16)25-14-20-13-22-25/h2-6,11-14H,7-10H2,1H3. The smallest absolute Gasteiger partial charge is 0.254 e. The Balaban J connectivity index is 1.45. The Morgan fingerprint density at radius 3 is 2.65 bits per heavy atom. The summed E-state index contributed by atoms with van der Waals surface area (Å²) in [7, 11) is 0. The fourth-order valence-electron chi connectivity index (χ4n) is 3.18. The van der Waals surface area contributed by atoms with Crippen molar-refractivity contribution in [2.75, 3.05) is 31.1 Å². The number of pyridine rings is 1. The summed E-state index contributed by atoms with van der Waals surface area (Å²) < 4.78 is 1.55. The largest absolute Gasteiger partial charge is 0.368 e. The summed E-state index contributed by atoms with van der Waals surface area (Å²) >= 11 is 0. The van der Waals surface area contributed by atoms with E-state index in [4.69, 9.17) is 0 Å². The number of hydrogen-bond acceptors (Lipinski definition) is 5. The van der Waals surface area contributed by atoms with Crippen LogP contribution in [0.1, 0.15) is 15.9 Å². The van der Waals surface area contributed by atoms with Gasteiger partial charge in [-0.15, -0.1) is 0 Å². The predicted molar refractivity (Wildman–Crippen MR) is 98.4 cm³/mol. The molecular weight excluding hydrogens is 328 g/mol. The number of amides is 1. The van der Waals surface area contributed by atoms with Gasteiger partial charge in [0.1, 0.15) is 12.7 Å². The van der Waals surface area contributed by atoms with E-state index < -0.39 is 0 Å². The first-order chi connectivity index (χ1) is 12.7. The highest BCUT2D eigenvalue weighted by molar-refractivity contribution is 5.94. The van der Waals surface area contributed by atoms with E-state index in [9.17, 15) is 4.79 Å². The normalized spacial score (nSPS) is 14.5. The van der Waals surface area contributed by atoms with Gasteiger partial charge in [-0.3, -0.25) is 4.79 Å². The first-order valence-electron chi connectivity index (χ1n) is 8.63. The van der Waals surface area contributed by atoms with Gasteiger partial charge in [0.2, 0.25) is 0 Å². The van der Waals surface area contributed by atoms with E-state index in [2.05, 4.69) is 51.2 Å². The zero-order valence-electron chi connectivity index (χ0n) is 14.6. The van der Waals surface area contributed by atoms with Crippen LogP contribution in [0.4, 0.5) is 5.69 Å². The monoisotopic (exact) mass is 348 g/mol. The molecule has 132 valence electrons. The molecule has 3 heterocycles. The molecule has 1 amide bonds. The summed E-state index contributed by atoms with van der Waals surface area (Å²) in [5, 5.41) is 4.06. The number of benzene rings is 1. The molecule has 4 rings (SSSR count). The number of carbonyl (C=O) groups excluding carboxylic acids is 1. The van der Waals surface area contributed by atoms with Crippen LogP contribution in [0.3, 0.4) is 0 Å². The van der Waals surface area contributed by atoms with Crippen molar-refractivity contribution in [2.24, 2.45) is 0 Å². The fraction of sp³-hybridized carbons (Fsp3) is 0.263. The lowest BCUT2D eigenvalue weighted by molar-refractivity contribution is 0.0746. The molecule has 0 saturated carbocycles. The minimum atomic E-state index is 0.0256. The molecule has 0 spiro atoms. The van der Waals surface area contributed by atoms with Gasteiger partial charge in [-0.25, -0.2) is 14.6 Å². The van der Waals surface area contributed by atoms with Gasteiger partial charge < -0.3 is 9.80 Å². The van der Waals surface area contributed by atoms with Crippen molar-refractivity contribution in [2.45, 2.75) is 6.92 Å². The van der Waals surface area contributed by atoms with Crippen LogP contribution in [0.15, 0.2) is 55.2 Å². The Kier molecular flexibility index (Phi) is 4.35. The zero-order chi connectivity index (χ0) is 17.9. The number of anilines is 1. The molecule has 7 heteroatoms. The lowest BCUT2D eigenvalue weighted by Crippen LogP contribution is -2.48. The van der Waals surface area contributed by atoms with Crippen LogP contribution >= 0.6 is 0 Å². The molecule has 1 saturated heterocycles. The molecule has 7 nitrogen and oxygen atoms in total. The number of aryl methyl sites for hydroxylation is 1. The molecule has 1 aliphatic rings. The molecule has 0 atom stereocenters. The van der Waals surface area contributed by atoms with E-state index in [0.29, 0.717) is 24.5 Å². The van der Waals surface area contributed by atoms with Gasteiger partial charge in [0.05, 0.1) is 0 Å². The second kappa shape index (κ2) is 6.95. The van der Waals surface area contributed by atoms with E-state index in [0.717, 1.165) is 13.1 Å². The van der Waals surface area contributed by atoms with Gasteiger partial charge in [0.15, 0.2) is 5.82 Å². The average Bonchev–Trinajstić information content (AvgIpc) is 3.23. The van der Waals surface area contributed by atoms with Crippen LogP contribution in [-0.2, 0) is 0 Å². The molecular formula is C19H20N6O. The van der Waals surface area contributed by atoms with Crippen molar-refractivity contribution < 1.29 is 4.79 Å². The third-order valence-corrected chi connectivity index (χ3v) is 4.58. The summed E-state index contributed by atoms with van der Waals surface area (Å²) in [5.74, 6) is 0.615. The van der Waals surface area contributed by atoms with Crippen molar-refractivity contribution in [3.63, 3.8) is 0 Å². The molecule has 1 aromatic carbocycles. The first-order valence-corrected chi connectivity index (χ1v) is 8.63. The quantitative estimate of drug-likeness (QED) is 0.724. The molecule has 1 fully saturated rings. The fourth-order valence-corrected chi connectivity index (χ4v) is 3.18. The van der Waals surface area contributed by atoms with E-state index in [1.807, 2.05) is 4.90 Å². The van der Waals surface area contributed by atoms with Crippen molar-refractivity contribution in [1.29, 1.82) is 0 Å². The van der Waals surface area contributed by atoms with Crippen LogP contribution in [-0.4, -0.2) is 56.7 Å². The van der Waals surface area contributed by atoms with Gasteiger partial charge in [0.25, 0.3) is 5.91 Å². The molecule has 0 unspecified atom stereocenters. The van der Waals surface area contributed by atoms with E-state index in [1.54, 1.807) is 29.3 Å². The Labute approximate surface area is 151 Å². The maximum absolute atomic E-state index is 12.9. The Hall–Kier alpha value is -3.22. The van der Waals surface area contributed by atoms with E-state index in [-0.39, 0.29) is 5.91 Å². The van der Waals surface area contributed by atoms with Crippen molar-refractivity contribution >= 4 is 11.6 Å². The number of hydrogen-bond donors (Lipinski definition) is 0. The van der Waals surface area contributed by atoms with E-state index >= 15 is 0 Å². The van der Waals surface area contributed by atoms with Crippen molar-refractivity contribution in [3.8, 4) is 5.82 Å². The summed E-state index contributed by atoms with van der Waals surface area (Å²) in [6.45, 7) is 5.16. The van der Waals surface area contributed by atoms with Gasteiger partial charge >= 0.3 is 0 Å². The third kappa shape index (κ3) is 3.28. The Morgan fingerprint density at radius 2 is 1.92 bits per heavy atom.